The molecular weight excluding hydrogens is 215 g/mol. The van der Waals surface area contributed by atoms with Crippen molar-refractivity contribution in [2.75, 3.05) is 0 Å². The molecule has 0 unspecified atom stereocenters. The number of halogens is 1. The SMILES string of the molecule is Cc1ccc(-c2cc(C)c(CO)c(F)c2)cc1. The summed E-state index contributed by atoms with van der Waals surface area (Å²) in [6, 6.07) is 11.3. The Balaban J connectivity index is 2.50. The molecule has 0 radical (unpaired) electrons. The average Bonchev–Trinajstić information content (AvgIpc) is 2.29. The molecule has 17 heavy (non-hydrogen) atoms. The van der Waals surface area contributed by atoms with Crippen LogP contribution >= 0.6 is 0 Å². The smallest absolute Gasteiger partial charge is 0.129 e. The number of aliphatic hydroxyl groups is 1. The lowest BCUT2D eigenvalue weighted by molar-refractivity contribution is 0.275. The Kier molecular flexibility index (Phi) is 3.25. The Hall–Kier alpha value is -1.67. The molecule has 0 saturated heterocycles. The second-order valence-corrected chi connectivity index (χ2v) is 4.28. The molecule has 2 aromatic rings. The van der Waals surface area contributed by atoms with Crippen LogP contribution in [-0.4, -0.2) is 5.11 Å². The molecule has 0 aliphatic rings. The van der Waals surface area contributed by atoms with Crippen molar-refractivity contribution in [2.24, 2.45) is 0 Å². The minimum Gasteiger partial charge on any atom is -0.392 e. The summed E-state index contributed by atoms with van der Waals surface area (Å²) in [5, 5.41) is 9.06. The van der Waals surface area contributed by atoms with Gasteiger partial charge in [-0.15, -0.1) is 0 Å². The lowest BCUT2D eigenvalue weighted by Gasteiger charge is -2.08. The molecule has 0 aromatic heterocycles. The predicted octanol–water partition coefficient (Wildman–Crippen LogP) is 3.60. The summed E-state index contributed by atoms with van der Waals surface area (Å²) >= 11 is 0. The number of hydrogen-bond acceptors (Lipinski definition) is 1. The zero-order chi connectivity index (χ0) is 12.4. The van der Waals surface area contributed by atoms with E-state index in [1.54, 1.807) is 0 Å². The van der Waals surface area contributed by atoms with E-state index in [9.17, 15) is 4.39 Å². The highest BCUT2D eigenvalue weighted by Crippen LogP contribution is 2.25. The van der Waals surface area contributed by atoms with Crippen LogP contribution in [0.2, 0.25) is 0 Å². The van der Waals surface area contributed by atoms with Gasteiger partial charge in [0.1, 0.15) is 5.82 Å². The highest BCUT2D eigenvalue weighted by Gasteiger charge is 2.08. The summed E-state index contributed by atoms with van der Waals surface area (Å²) in [7, 11) is 0. The first kappa shape index (κ1) is 11.8. The Bertz CT molecular complexity index is 506. The molecule has 0 spiro atoms. The molecule has 88 valence electrons. The van der Waals surface area contributed by atoms with E-state index in [0.717, 1.165) is 16.7 Å². The van der Waals surface area contributed by atoms with Gasteiger partial charge in [-0.3, -0.25) is 0 Å². The fourth-order valence-corrected chi connectivity index (χ4v) is 1.89. The van der Waals surface area contributed by atoms with E-state index in [0.29, 0.717) is 5.56 Å². The summed E-state index contributed by atoms with van der Waals surface area (Å²) in [4.78, 5) is 0. The van der Waals surface area contributed by atoms with E-state index in [1.807, 2.05) is 44.2 Å². The van der Waals surface area contributed by atoms with E-state index >= 15 is 0 Å². The molecule has 2 heteroatoms. The normalized spacial score (nSPS) is 10.6. The minimum atomic E-state index is -0.344. The van der Waals surface area contributed by atoms with Crippen molar-refractivity contribution in [3.63, 3.8) is 0 Å². The molecule has 0 bridgehead atoms. The van der Waals surface area contributed by atoms with E-state index in [2.05, 4.69) is 0 Å². The Morgan fingerprint density at radius 3 is 2.18 bits per heavy atom. The summed E-state index contributed by atoms with van der Waals surface area (Å²) in [5.41, 5.74) is 4.17. The first-order chi connectivity index (χ1) is 8.11. The standard InChI is InChI=1S/C15H15FO/c1-10-3-5-12(6-4-10)13-7-11(2)14(9-17)15(16)8-13/h3-8,17H,9H2,1-2H3. The van der Waals surface area contributed by atoms with Gasteiger partial charge in [0.25, 0.3) is 0 Å². The van der Waals surface area contributed by atoms with E-state index in [4.69, 9.17) is 5.11 Å². The number of rotatable bonds is 2. The van der Waals surface area contributed by atoms with Gasteiger partial charge >= 0.3 is 0 Å². The molecule has 0 heterocycles. The Labute approximate surface area is 101 Å². The van der Waals surface area contributed by atoms with Crippen LogP contribution in [0.3, 0.4) is 0 Å². The maximum Gasteiger partial charge on any atom is 0.129 e. The average molecular weight is 230 g/mol. The molecule has 2 rings (SSSR count). The van der Waals surface area contributed by atoms with Crippen molar-refractivity contribution in [1.82, 2.24) is 0 Å². The number of hydrogen-bond donors (Lipinski definition) is 1. The quantitative estimate of drug-likeness (QED) is 0.835. The van der Waals surface area contributed by atoms with Crippen LogP contribution in [0, 0.1) is 19.7 Å². The third kappa shape index (κ3) is 2.37. The van der Waals surface area contributed by atoms with E-state index in [-0.39, 0.29) is 12.4 Å². The second kappa shape index (κ2) is 4.68. The van der Waals surface area contributed by atoms with Gasteiger partial charge in [-0.05, 0) is 36.6 Å². The van der Waals surface area contributed by atoms with Crippen molar-refractivity contribution in [3.8, 4) is 11.1 Å². The van der Waals surface area contributed by atoms with Gasteiger partial charge in [0, 0.05) is 5.56 Å². The van der Waals surface area contributed by atoms with Gasteiger partial charge in [-0.25, -0.2) is 4.39 Å². The van der Waals surface area contributed by atoms with Crippen LogP contribution in [-0.2, 0) is 6.61 Å². The van der Waals surface area contributed by atoms with Crippen molar-refractivity contribution in [1.29, 1.82) is 0 Å². The second-order valence-electron chi connectivity index (χ2n) is 4.28. The van der Waals surface area contributed by atoms with Crippen LogP contribution in [0.4, 0.5) is 4.39 Å². The number of aliphatic hydroxyl groups excluding tert-OH is 1. The zero-order valence-electron chi connectivity index (χ0n) is 10.00. The van der Waals surface area contributed by atoms with Crippen molar-refractivity contribution < 1.29 is 9.50 Å². The van der Waals surface area contributed by atoms with Gasteiger partial charge < -0.3 is 5.11 Å². The third-order valence-corrected chi connectivity index (χ3v) is 2.96. The van der Waals surface area contributed by atoms with E-state index < -0.39 is 0 Å². The van der Waals surface area contributed by atoms with Crippen molar-refractivity contribution in [2.45, 2.75) is 20.5 Å². The highest BCUT2D eigenvalue weighted by molar-refractivity contribution is 5.65. The molecule has 0 aliphatic heterocycles. The molecule has 1 nitrogen and oxygen atoms in total. The van der Waals surface area contributed by atoms with Gasteiger partial charge in [0.15, 0.2) is 0 Å². The maximum atomic E-state index is 13.7. The van der Waals surface area contributed by atoms with Crippen LogP contribution in [0.1, 0.15) is 16.7 Å². The van der Waals surface area contributed by atoms with Crippen LogP contribution in [0.25, 0.3) is 11.1 Å². The molecule has 0 aliphatic carbocycles. The summed E-state index contributed by atoms with van der Waals surface area (Å²) in [6.45, 7) is 3.57. The monoisotopic (exact) mass is 230 g/mol. The zero-order valence-corrected chi connectivity index (χ0v) is 10.00. The molecule has 0 atom stereocenters. The molecule has 0 amide bonds. The van der Waals surface area contributed by atoms with Crippen LogP contribution in [0.5, 0.6) is 0 Å². The summed E-state index contributed by atoms with van der Waals surface area (Å²) < 4.78 is 13.7. The Morgan fingerprint density at radius 1 is 1.00 bits per heavy atom. The third-order valence-electron chi connectivity index (χ3n) is 2.96. The highest BCUT2D eigenvalue weighted by atomic mass is 19.1. The van der Waals surface area contributed by atoms with Crippen molar-refractivity contribution >= 4 is 0 Å². The lowest BCUT2D eigenvalue weighted by Crippen LogP contribution is -1.95. The summed E-state index contributed by atoms with van der Waals surface area (Å²) in [5.74, 6) is -0.344. The first-order valence-electron chi connectivity index (χ1n) is 5.58. The van der Waals surface area contributed by atoms with Crippen LogP contribution in [0.15, 0.2) is 36.4 Å². The maximum absolute atomic E-state index is 13.7. The predicted molar refractivity (Wildman–Crippen MR) is 67.2 cm³/mol. The first-order valence-corrected chi connectivity index (χ1v) is 5.58. The molecular formula is C15H15FO. The number of aryl methyl sites for hydroxylation is 2. The molecule has 2 aromatic carbocycles. The topological polar surface area (TPSA) is 20.2 Å². The molecule has 1 N–H and O–H groups in total. The molecule has 0 fully saturated rings. The van der Waals surface area contributed by atoms with Gasteiger partial charge in [0.2, 0.25) is 0 Å². The van der Waals surface area contributed by atoms with Gasteiger partial charge in [-0.2, -0.15) is 0 Å². The summed E-state index contributed by atoms with van der Waals surface area (Å²) in [6.07, 6.45) is 0. The van der Waals surface area contributed by atoms with E-state index in [1.165, 1.54) is 11.6 Å². The van der Waals surface area contributed by atoms with Crippen LogP contribution < -0.4 is 0 Å². The minimum absolute atomic E-state index is 0.258. The number of benzene rings is 2. The largest absolute Gasteiger partial charge is 0.392 e. The molecule has 0 saturated carbocycles. The van der Waals surface area contributed by atoms with Gasteiger partial charge in [0.05, 0.1) is 6.61 Å². The fourth-order valence-electron chi connectivity index (χ4n) is 1.89. The fraction of sp³-hybridized carbons (Fsp3) is 0.200. The Morgan fingerprint density at radius 2 is 1.65 bits per heavy atom. The van der Waals surface area contributed by atoms with Gasteiger partial charge in [-0.1, -0.05) is 35.9 Å². The lowest BCUT2D eigenvalue weighted by atomic mass is 9.99. The van der Waals surface area contributed by atoms with Crippen molar-refractivity contribution in [3.05, 3.63) is 58.9 Å².